The Morgan fingerprint density at radius 1 is 1.08 bits per heavy atom. The van der Waals surface area contributed by atoms with Gasteiger partial charge in [0.05, 0.1) is 18.8 Å². The Balaban J connectivity index is 1.47. The summed E-state index contributed by atoms with van der Waals surface area (Å²) in [5, 5.41) is 2.94. The Labute approximate surface area is 154 Å². The number of morpholine rings is 1. The third-order valence-electron chi connectivity index (χ3n) is 4.25. The first-order valence-corrected chi connectivity index (χ1v) is 9.03. The van der Waals surface area contributed by atoms with Crippen LogP contribution in [0.25, 0.3) is 0 Å². The van der Waals surface area contributed by atoms with Gasteiger partial charge in [0, 0.05) is 18.8 Å². The van der Waals surface area contributed by atoms with E-state index in [1.165, 1.54) is 0 Å². The Hall–Kier alpha value is -2.37. The number of amides is 1. The number of hydrogen-bond acceptors (Lipinski definition) is 4. The van der Waals surface area contributed by atoms with Crippen molar-refractivity contribution in [2.24, 2.45) is 0 Å². The van der Waals surface area contributed by atoms with Crippen molar-refractivity contribution in [1.29, 1.82) is 0 Å². The molecular formula is C21H26N2O3. The van der Waals surface area contributed by atoms with Crippen molar-refractivity contribution >= 4 is 11.6 Å². The molecule has 138 valence electrons. The van der Waals surface area contributed by atoms with E-state index in [1.54, 1.807) is 0 Å². The molecule has 1 saturated heterocycles. The van der Waals surface area contributed by atoms with Crippen LogP contribution in [0.2, 0.25) is 0 Å². The van der Waals surface area contributed by atoms with Crippen LogP contribution in [0.5, 0.6) is 5.75 Å². The van der Waals surface area contributed by atoms with Gasteiger partial charge in [-0.2, -0.15) is 0 Å². The maximum absolute atomic E-state index is 12.3. The van der Waals surface area contributed by atoms with Gasteiger partial charge in [0.2, 0.25) is 5.91 Å². The Kier molecular flexibility index (Phi) is 6.26. The zero-order valence-electron chi connectivity index (χ0n) is 15.4. The lowest BCUT2D eigenvalue weighted by atomic mass is 10.2. The minimum absolute atomic E-state index is 0.00995. The maximum atomic E-state index is 12.3. The molecule has 26 heavy (non-hydrogen) atoms. The van der Waals surface area contributed by atoms with Gasteiger partial charge in [-0.3, -0.25) is 9.69 Å². The maximum Gasteiger partial charge on any atom is 0.238 e. The van der Waals surface area contributed by atoms with E-state index in [-0.39, 0.29) is 18.1 Å². The molecule has 5 nitrogen and oxygen atoms in total. The van der Waals surface area contributed by atoms with Crippen molar-refractivity contribution in [3.05, 3.63) is 60.2 Å². The lowest BCUT2D eigenvalue weighted by molar-refractivity contribution is -0.121. The molecular weight excluding hydrogens is 328 g/mol. The lowest BCUT2D eigenvalue weighted by Crippen LogP contribution is -2.48. The molecule has 0 radical (unpaired) electrons. The quantitative estimate of drug-likeness (QED) is 0.865. The second-order valence-electron chi connectivity index (χ2n) is 6.80. The van der Waals surface area contributed by atoms with E-state index in [0.717, 1.165) is 30.1 Å². The average molecular weight is 354 g/mol. The summed E-state index contributed by atoms with van der Waals surface area (Å²) in [5.74, 6) is 0.770. The highest BCUT2D eigenvalue weighted by Crippen LogP contribution is 2.17. The highest BCUT2D eigenvalue weighted by Gasteiger charge is 2.23. The molecule has 0 aromatic heterocycles. The molecule has 5 heteroatoms. The zero-order chi connectivity index (χ0) is 18.4. The largest absolute Gasteiger partial charge is 0.489 e. The number of carbonyl (C=O) groups is 1. The molecule has 2 atom stereocenters. The first-order chi connectivity index (χ1) is 12.6. The topological polar surface area (TPSA) is 50.8 Å². The van der Waals surface area contributed by atoms with Gasteiger partial charge in [-0.15, -0.1) is 0 Å². The Morgan fingerprint density at radius 3 is 2.38 bits per heavy atom. The number of nitrogens with one attached hydrogen (secondary N) is 1. The first-order valence-electron chi connectivity index (χ1n) is 9.03. The van der Waals surface area contributed by atoms with Crippen molar-refractivity contribution in [2.45, 2.75) is 32.7 Å². The minimum atomic E-state index is -0.00995. The minimum Gasteiger partial charge on any atom is -0.489 e. The van der Waals surface area contributed by atoms with Crippen LogP contribution >= 0.6 is 0 Å². The number of carbonyl (C=O) groups excluding carboxylic acids is 1. The molecule has 2 aromatic carbocycles. The smallest absolute Gasteiger partial charge is 0.238 e. The van der Waals surface area contributed by atoms with Crippen LogP contribution in [0.1, 0.15) is 19.4 Å². The van der Waals surface area contributed by atoms with Crippen LogP contribution in [0.15, 0.2) is 54.6 Å². The van der Waals surface area contributed by atoms with E-state index >= 15 is 0 Å². The summed E-state index contributed by atoms with van der Waals surface area (Å²) < 4.78 is 11.5. The third-order valence-corrected chi connectivity index (χ3v) is 4.25. The van der Waals surface area contributed by atoms with Crippen LogP contribution in [-0.4, -0.2) is 42.6 Å². The fourth-order valence-electron chi connectivity index (χ4n) is 3.19. The number of anilines is 1. The van der Waals surface area contributed by atoms with Crippen molar-refractivity contribution in [1.82, 2.24) is 4.90 Å². The monoisotopic (exact) mass is 354 g/mol. The van der Waals surface area contributed by atoms with Gasteiger partial charge in [0.25, 0.3) is 0 Å². The van der Waals surface area contributed by atoms with Crippen molar-refractivity contribution in [3.63, 3.8) is 0 Å². The van der Waals surface area contributed by atoms with Gasteiger partial charge in [0.1, 0.15) is 12.4 Å². The summed E-state index contributed by atoms with van der Waals surface area (Å²) in [6.07, 6.45) is 0.320. The standard InChI is InChI=1S/C21H26N2O3/c1-16-12-23(13-17(2)26-16)14-21(24)22-19-8-10-20(11-9-19)25-15-18-6-4-3-5-7-18/h3-11,16-17H,12-15H2,1-2H3,(H,22,24)/t16-,17-/m1/s1. The van der Waals surface area contributed by atoms with Crippen molar-refractivity contribution in [3.8, 4) is 5.75 Å². The molecule has 2 aromatic rings. The molecule has 1 N–H and O–H groups in total. The summed E-state index contributed by atoms with van der Waals surface area (Å²) in [6.45, 7) is 6.54. The second-order valence-corrected chi connectivity index (χ2v) is 6.80. The number of rotatable bonds is 6. The van der Waals surface area contributed by atoms with Crippen molar-refractivity contribution in [2.75, 3.05) is 25.0 Å². The van der Waals surface area contributed by atoms with Gasteiger partial charge in [-0.05, 0) is 43.7 Å². The zero-order valence-corrected chi connectivity index (χ0v) is 15.4. The SMILES string of the molecule is C[C@@H]1CN(CC(=O)Nc2ccc(OCc3ccccc3)cc2)C[C@@H](C)O1. The lowest BCUT2D eigenvalue weighted by Gasteiger charge is -2.34. The Bertz CT molecular complexity index is 693. The number of hydrogen-bond donors (Lipinski definition) is 1. The fourth-order valence-corrected chi connectivity index (χ4v) is 3.19. The average Bonchev–Trinajstić information content (AvgIpc) is 2.61. The second kappa shape index (κ2) is 8.83. The van der Waals surface area contributed by atoms with E-state index in [4.69, 9.17) is 9.47 Å². The third kappa shape index (κ3) is 5.58. The molecule has 1 aliphatic rings. The fraction of sp³-hybridized carbons (Fsp3) is 0.381. The van der Waals surface area contributed by atoms with E-state index in [2.05, 4.69) is 10.2 Å². The number of benzene rings is 2. The predicted octanol–water partition coefficient (Wildman–Crippen LogP) is 3.31. The molecule has 0 spiro atoms. The van der Waals surface area contributed by atoms with Gasteiger partial charge in [-0.25, -0.2) is 0 Å². The van der Waals surface area contributed by atoms with E-state index < -0.39 is 0 Å². The summed E-state index contributed by atoms with van der Waals surface area (Å²) in [5.41, 5.74) is 1.90. The van der Waals surface area contributed by atoms with Gasteiger partial charge >= 0.3 is 0 Å². The highest BCUT2D eigenvalue weighted by molar-refractivity contribution is 5.92. The van der Waals surface area contributed by atoms with Crippen LogP contribution in [0, 0.1) is 0 Å². The summed E-state index contributed by atoms with van der Waals surface area (Å²) in [4.78, 5) is 14.4. The molecule has 3 rings (SSSR count). The molecule has 0 saturated carbocycles. The molecule has 0 aliphatic carbocycles. The molecule has 1 aliphatic heterocycles. The molecule has 1 heterocycles. The number of nitrogens with zero attached hydrogens (tertiary/aromatic N) is 1. The van der Waals surface area contributed by atoms with Crippen LogP contribution in [0.3, 0.4) is 0 Å². The number of ether oxygens (including phenoxy) is 2. The molecule has 1 fully saturated rings. The first kappa shape index (κ1) is 18.4. The normalized spacial score (nSPS) is 20.5. The summed E-state index contributed by atoms with van der Waals surface area (Å²) in [6, 6.07) is 17.5. The molecule has 1 amide bonds. The molecule has 0 unspecified atom stereocenters. The van der Waals surface area contributed by atoms with Gasteiger partial charge in [-0.1, -0.05) is 30.3 Å². The van der Waals surface area contributed by atoms with Gasteiger partial charge < -0.3 is 14.8 Å². The molecule has 0 bridgehead atoms. The Morgan fingerprint density at radius 2 is 1.73 bits per heavy atom. The van der Waals surface area contributed by atoms with Crippen LogP contribution in [0.4, 0.5) is 5.69 Å². The highest BCUT2D eigenvalue weighted by atomic mass is 16.5. The van der Waals surface area contributed by atoms with E-state index in [0.29, 0.717) is 13.2 Å². The van der Waals surface area contributed by atoms with Gasteiger partial charge in [0.15, 0.2) is 0 Å². The van der Waals surface area contributed by atoms with Crippen LogP contribution < -0.4 is 10.1 Å². The van der Waals surface area contributed by atoms with E-state index in [1.807, 2.05) is 68.4 Å². The summed E-state index contributed by atoms with van der Waals surface area (Å²) in [7, 11) is 0. The van der Waals surface area contributed by atoms with Crippen LogP contribution in [-0.2, 0) is 16.1 Å². The summed E-state index contributed by atoms with van der Waals surface area (Å²) >= 11 is 0. The van der Waals surface area contributed by atoms with Crippen molar-refractivity contribution < 1.29 is 14.3 Å². The van der Waals surface area contributed by atoms with E-state index in [9.17, 15) is 4.79 Å². The predicted molar refractivity (Wildman–Crippen MR) is 102 cm³/mol.